The minimum atomic E-state index is -4.28. The summed E-state index contributed by atoms with van der Waals surface area (Å²) in [6.07, 6.45) is 31.9. The van der Waals surface area contributed by atoms with Crippen molar-refractivity contribution >= 4 is 19.8 Å². The summed E-state index contributed by atoms with van der Waals surface area (Å²) in [7, 11) is -4.28. The van der Waals surface area contributed by atoms with Crippen LogP contribution in [0.3, 0.4) is 0 Å². The van der Waals surface area contributed by atoms with E-state index in [2.05, 4.69) is 50.3 Å². The molecule has 0 spiro atoms. The van der Waals surface area contributed by atoms with Gasteiger partial charge in [-0.1, -0.05) is 120 Å². The van der Waals surface area contributed by atoms with Gasteiger partial charge in [-0.3, -0.25) is 18.6 Å². The van der Waals surface area contributed by atoms with E-state index in [1.807, 2.05) is 12.2 Å². The van der Waals surface area contributed by atoms with Crippen LogP contribution >= 0.6 is 7.82 Å². The third-order valence-electron chi connectivity index (χ3n) is 6.41. The molecular weight excluding hydrogens is 567 g/mol. The van der Waals surface area contributed by atoms with Crippen LogP contribution in [0.1, 0.15) is 130 Å². The summed E-state index contributed by atoms with van der Waals surface area (Å²) in [5.41, 5.74) is 0. The number of hydrogen-bond donors (Lipinski definition) is 1. The fourth-order valence-electron chi connectivity index (χ4n) is 4.05. The van der Waals surface area contributed by atoms with Crippen molar-refractivity contribution in [3.8, 4) is 0 Å². The maximum Gasteiger partial charge on any atom is 0.472 e. The Bertz CT molecular complexity index is 849. The third-order valence-corrected chi connectivity index (χ3v) is 7.47. The number of phosphoric ester groups is 1. The number of hydrogen-bond acceptors (Lipinski definition) is 7. The van der Waals surface area contributed by atoms with Crippen LogP contribution in [-0.4, -0.2) is 42.8 Å². The highest BCUT2D eigenvalue weighted by atomic mass is 31.2. The molecule has 0 saturated carbocycles. The molecule has 0 aliphatic carbocycles. The Labute approximate surface area is 261 Å². The van der Waals surface area contributed by atoms with Crippen molar-refractivity contribution in [3.63, 3.8) is 0 Å². The fourth-order valence-corrected chi connectivity index (χ4v) is 4.81. The summed E-state index contributed by atoms with van der Waals surface area (Å²) in [4.78, 5) is 34.3. The highest BCUT2D eigenvalue weighted by molar-refractivity contribution is 7.47. The smallest absolute Gasteiger partial charge is 0.462 e. The van der Waals surface area contributed by atoms with Crippen LogP contribution in [0.4, 0.5) is 0 Å². The van der Waals surface area contributed by atoms with E-state index in [-0.39, 0.29) is 26.1 Å². The Morgan fingerprint density at radius 1 is 0.651 bits per heavy atom. The lowest BCUT2D eigenvalue weighted by Gasteiger charge is -2.19. The van der Waals surface area contributed by atoms with Crippen molar-refractivity contribution in [2.75, 3.05) is 19.8 Å². The average Bonchev–Trinajstić information content (AvgIpc) is 2.97. The van der Waals surface area contributed by atoms with Gasteiger partial charge < -0.3 is 14.4 Å². The molecule has 248 valence electrons. The predicted octanol–water partition coefficient (Wildman–Crippen LogP) is 9.49. The lowest BCUT2D eigenvalue weighted by molar-refractivity contribution is -0.161. The quantitative estimate of drug-likeness (QED) is 0.0378. The zero-order chi connectivity index (χ0) is 31.9. The molecule has 43 heavy (non-hydrogen) atoms. The molecule has 0 radical (unpaired) electrons. The van der Waals surface area contributed by atoms with Gasteiger partial charge in [0.1, 0.15) is 6.61 Å². The lowest BCUT2D eigenvalue weighted by atomic mass is 10.1. The van der Waals surface area contributed by atoms with Crippen LogP contribution in [0.25, 0.3) is 0 Å². The first-order valence-electron chi connectivity index (χ1n) is 16.4. The van der Waals surface area contributed by atoms with Crippen LogP contribution in [0.5, 0.6) is 0 Å². The number of rotatable bonds is 29. The molecule has 8 nitrogen and oxygen atoms in total. The Morgan fingerprint density at radius 2 is 1.19 bits per heavy atom. The fraction of sp³-hybridized carbons (Fsp3) is 0.706. The monoisotopic (exact) mass is 626 g/mol. The first-order chi connectivity index (χ1) is 20.8. The van der Waals surface area contributed by atoms with E-state index in [4.69, 9.17) is 18.5 Å². The summed E-state index contributed by atoms with van der Waals surface area (Å²) in [5.74, 6) is -0.900. The van der Waals surface area contributed by atoms with E-state index < -0.39 is 32.5 Å². The molecule has 0 saturated heterocycles. The van der Waals surface area contributed by atoms with Gasteiger partial charge in [0.2, 0.25) is 0 Å². The van der Waals surface area contributed by atoms with E-state index in [1.165, 1.54) is 44.9 Å². The highest BCUT2D eigenvalue weighted by Gasteiger charge is 2.25. The van der Waals surface area contributed by atoms with E-state index in [1.54, 1.807) is 6.92 Å². The highest BCUT2D eigenvalue weighted by Crippen LogP contribution is 2.43. The number of unbranched alkanes of at least 4 members (excludes halogenated alkanes) is 9. The Morgan fingerprint density at radius 3 is 1.74 bits per heavy atom. The van der Waals surface area contributed by atoms with Crippen LogP contribution in [-0.2, 0) is 32.7 Å². The van der Waals surface area contributed by atoms with Gasteiger partial charge in [0, 0.05) is 12.8 Å². The first kappa shape index (κ1) is 41.0. The number of carbonyl (C=O) groups excluding carboxylic acids is 2. The Kier molecular flexibility index (Phi) is 28.7. The topological polar surface area (TPSA) is 108 Å². The molecule has 0 fully saturated rings. The van der Waals surface area contributed by atoms with Gasteiger partial charge in [0.05, 0.1) is 13.2 Å². The molecule has 0 aromatic carbocycles. The summed E-state index contributed by atoms with van der Waals surface area (Å²) < 4.78 is 32.2. The van der Waals surface area contributed by atoms with Gasteiger partial charge in [0.15, 0.2) is 6.10 Å². The summed E-state index contributed by atoms with van der Waals surface area (Å²) in [6.45, 7) is 5.21. The minimum absolute atomic E-state index is 0.0130. The summed E-state index contributed by atoms with van der Waals surface area (Å²) >= 11 is 0. The third kappa shape index (κ3) is 29.8. The maximum atomic E-state index is 12.4. The number of esters is 2. The second-order valence-corrected chi connectivity index (χ2v) is 11.9. The minimum Gasteiger partial charge on any atom is -0.462 e. The summed E-state index contributed by atoms with van der Waals surface area (Å²) in [5, 5.41) is 0. The molecule has 2 unspecified atom stereocenters. The van der Waals surface area contributed by atoms with Gasteiger partial charge in [0.25, 0.3) is 0 Å². The largest absolute Gasteiger partial charge is 0.472 e. The second-order valence-electron chi connectivity index (χ2n) is 10.4. The van der Waals surface area contributed by atoms with E-state index in [0.717, 1.165) is 44.9 Å². The molecule has 0 aliphatic heterocycles. The molecule has 0 rings (SSSR count). The van der Waals surface area contributed by atoms with Crippen molar-refractivity contribution < 1.29 is 37.6 Å². The average molecular weight is 627 g/mol. The lowest BCUT2D eigenvalue weighted by Crippen LogP contribution is -2.29. The van der Waals surface area contributed by atoms with Crippen molar-refractivity contribution in [3.05, 3.63) is 48.6 Å². The van der Waals surface area contributed by atoms with Crippen LogP contribution in [0, 0.1) is 0 Å². The van der Waals surface area contributed by atoms with Crippen molar-refractivity contribution in [2.45, 2.75) is 136 Å². The van der Waals surface area contributed by atoms with Crippen molar-refractivity contribution in [2.24, 2.45) is 0 Å². The number of phosphoric acid groups is 1. The number of carbonyl (C=O) groups is 2. The van der Waals surface area contributed by atoms with E-state index >= 15 is 0 Å². The molecule has 9 heteroatoms. The van der Waals surface area contributed by atoms with Crippen LogP contribution in [0.15, 0.2) is 48.6 Å². The SMILES string of the molecule is CC/C=C\C/C=C\C/C=C\C/C=C\CCC(=O)OC(COC(=O)CCCCCCCCCCCC)COP(=O)(O)OCC. The molecule has 0 aromatic heterocycles. The zero-order valence-electron chi connectivity index (χ0n) is 27.1. The molecule has 1 N–H and O–H groups in total. The molecule has 0 aliphatic rings. The summed E-state index contributed by atoms with van der Waals surface area (Å²) in [6, 6.07) is 0. The van der Waals surface area contributed by atoms with Gasteiger partial charge in [-0.2, -0.15) is 0 Å². The molecular formula is C34H59O8P. The number of allylic oxidation sites excluding steroid dienone is 8. The molecule has 0 heterocycles. The molecule has 2 atom stereocenters. The molecule has 0 aromatic rings. The Balaban J connectivity index is 4.37. The normalized spacial score (nSPS) is 14.2. The van der Waals surface area contributed by atoms with Gasteiger partial charge in [-0.05, 0) is 45.4 Å². The predicted molar refractivity (Wildman–Crippen MR) is 175 cm³/mol. The van der Waals surface area contributed by atoms with Crippen LogP contribution < -0.4 is 0 Å². The van der Waals surface area contributed by atoms with Gasteiger partial charge in [-0.15, -0.1) is 0 Å². The molecule has 0 bridgehead atoms. The van der Waals surface area contributed by atoms with Crippen molar-refractivity contribution in [1.29, 1.82) is 0 Å². The number of ether oxygens (including phenoxy) is 2. The van der Waals surface area contributed by atoms with Gasteiger partial charge in [-0.25, -0.2) is 4.57 Å². The standard InChI is InChI=1S/C34H59O8P/c1-4-7-9-11-13-15-17-18-19-21-23-25-27-29-34(36)42-32(31-41-43(37,38)40-6-3)30-39-33(35)28-26-24-22-20-16-14-12-10-8-5-2/h7,9,13,15,18-19,23,25,32H,4-6,8,10-12,14,16-17,20-22,24,26-31H2,1-3H3,(H,37,38)/b9-7-,15-13-,19-18-,25-23-. The van der Waals surface area contributed by atoms with E-state index in [0.29, 0.717) is 6.42 Å². The maximum absolute atomic E-state index is 12.4. The molecule has 0 amide bonds. The zero-order valence-corrected chi connectivity index (χ0v) is 28.0. The van der Waals surface area contributed by atoms with Gasteiger partial charge >= 0.3 is 19.8 Å². The van der Waals surface area contributed by atoms with E-state index in [9.17, 15) is 19.0 Å². The second kappa shape index (κ2) is 30.1. The first-order valence-corrected chi connectivity index (χ1v) is 17.9. The van der Waals surface area contributed by atoms with Crippen LogP contribution in [0.2, 0.25) is 0 Å². The van der Waals surface area contributed by atoms with Crippen molar-refractivity contribution in [1.82, 2.24) is 0 Å². The Hall–Kier alpha value is -1.99.